The zero-order valence-electron chi connectivity index (χ0n) is 6.23. The van der Waals surface area contributed by atoms with Crippen molar-refractivity contribution in [3.63, 3.8) is 0 Å². The van der Waals surface area contributed by atoms with Crippen molar-refractivity contribution in [3.8, 4) is 0 Å². The summed E-state index contributed by atoms with van der Waals surface area (Å²) in [6.45, 7) is 0. The molecule has 0 aromatic heterocycles. The van der Waals surface area contributed by atoms with E-state index in [0.29, 0.717) is 6.42 Å². The van der Waals surface area contributed by atoms with Crippen LogP contribution in [-0.2, 0) is 5.67 Å². The minimum atomic E-state index is -1.23. The lowest BCUT2D eigenvalue weighted by atomic mass is 10.1. The van der Waals surface area contributed by atoms with Gasteiger partial charge < -0.3 is 0 Å². The smallest absolute Gasteiger partial charge is 0.163 e. The Kier molecular flexibility index (Phi) is 1.85. The van der Waals surface area contributed by atoms with Crippen molar-refractivity contribution in [1.29, 1.82) is 0 Å². The number of rotatable bonds is 1. The Morgan fingerprint density at radius 2 is 1.67 bits per heavy atom. The summed E-state index contributed by atoms with van der Waals surface area (Å²) < 4.78 is 13.4. The molecule has 1 aliphatic rings. The molecular weight excluding hydrogens is 287 g/mol. The first-order chi connectivity index (χ1) is 5.56. The van der Waals surface area contributed by atoms with Crippen LogP contribution in [0, 0.1) is 0 Å². The standard InChI is InChI=1S/C9H7Br2F/c10-9(11)6-8(9,12)7-4-2-1-3-5-7/h1-5H,6H2. The molecule has 1 unspecified atom stereocenters. The van der Waals surface area contributed by atoms with Gasteiger partial charge >= 0.3 is 0 Å². The molecule has 1 saturated carbocycles. The fourth-order valence-corrected chi connectivity index (χ4v) is 2.51. The molecule has 0 spiro atoms. The van der Waals surface area contributed by atoms with E-state index >= 15 is 0 Å². The van der Waals surface area contributed by atoms with E-state index in [1.54, 1.807) is 0 Å². The van der Waals surface area contributed by atoms with E-state index in [2.05, 4.69) is 31.9 Å². The minimum Gasteiger partial charge on any atom is -0.236 e. The van der Waals surface area contributed by atoms with Crippen LogP contribution >= 0.6 is 31.9 Å². The molecule has 12 heavy (non-hydrogen) atoms. The molecule has 1 aromatic carbocycles. The lowest BCUT2D eigenvalue weighted by Crippen LogP contribution is -2.06. The zero-order chi connectivity index (χ0) is 8.82. The average Bonchev–Trinajstić information content (AvgIpc) is 2.55. The number of benzene rings is 1. The Balaban J connectivity index is 2.35. The van der Waals surface area contributed by atoms with Gasteiger partial charge in [-0.2, -0.15) is 0 Å². The van der Waals surface area contributed by atoms with Crippen LogP contribution in [0.15, 0.2) is 30.3 Å². The third-order valence-corrected chi connectivity index (χ3v) is 3.97. The first-order valence-corrected chi connectivity index (χ1v) is 5.27. The molecule has 3 heteroatoms. The molecule has 0 aliphatic heterocycles. The second-order valence-corrected chi connectivity index (χ2v) is 6.82. The highest BCUT2D eigenvalue weighted by Gasteiger charge is 2.67. The van der Waals surface area contributed by atoms with Gasteiger partial charge in [0.05, 0.1) is 0 Å². The van der Waals surface area contributed by atoms with Crippen molar-refractivity contribution in [2.45, 2.75) is 15.3 Å². The maximum absolute atomic E-state index is 13.9. The number of hydrogen-bond donors (Lipinski definition) is 0. The SMILES string of the molecule is FC1(c2ccccc2)CC1(Br)Br. The predicted molar refractivity (Wildman–Crippen MR) is 54.4 cm³/mol. The van der Waals surface area contributed by atoms with Gasteiger partial charge in [-0.1, -0.05) is 62.2 Å². The van der Waals surface area contributed by atoms with Crippen LogP contribution in [0.2, 0.25) is 0 Å². The second-order valence-electron chi connectivity index (χ2n) is 3.05. The summed E-state index contributed by atoms with van der Waals surface area (Å²) in [5, 5.41) is 0. The molecule has 0 N–H and O–H groups in total. The molecule has 0 radical (unpaired) electrons. The molecule has 0 amide bonds. The number of halogens is 3. The fourth-order valence-electron chi connectivity index (χ4n) is 1.28. The van der Waals surface area contributed by atoms with Crippen molar-refractivity contribution in [1.82, 2.24) is 0 Å². The van der Waals surface area contributed by atoms with Crippen molar-refractivity contribution < 1.29 is 4.39 Å². The van der Waals surface area contributed by atoms with Crippen molar-refractivity contribution in [2.24, 2.45) is 0 Å². The quantitative estimate of drug-likeness (QED) is 0.692. The summed E-state index contributed by atoms with van der Waals surface area (Å²) in [6.07, 6.45) is 0.490. The molecule has 1 atom stereocenters. The molecule has 0 bridgehead atoms. The van der Waals surface area contributed by atoms with Crippen LogP contribution in [-0.4, -0.2) is 3.23 Å². The van der Waals surface area contributed by atoms with Gasteiger partial charge in [-0.05, 0) is 5.56 Å². The van der Waals surface area contributed by atoms with Gasteiger partial charge in [-0.3, -0.25) is 0 Å². The van der Waals surface area contributed by atoms with Crippen LogP contribution in [0.4, 0.5) is 4.39 Å². The highest BCUT2D eigenvalue weighted by atomic mass is 79.9. The summed E-state index contributed by atoms with van der Waals surface area (Å²) in [5.74, 6) is 0. The normalized spacial score (nSPS) is 31.6. The Hall–Kier alpha value is 0.110. The predicted octanol–water partition coefficient (Wildman–Crippen LogP) is 3.74. The van der Waals surface area contributed by atoms with Crippen molar-refractivity contribution in [2.75, 3.05) is 0 Å². The molecule has 1 fully saturated rings. The van der Waals surface area contributed by atoms with Gasteiger partial charge in [0, 0.05) is 6.42 Å². The maximum atomic E-state index is 13.9. The topological polar surface area (TPSA) is 0 Å². The highest BCUT2D eigenvalue weighted by molar-refractivity contribution is 9.25. The summed E-state index contributed by atoms with van der Waals surface area (Å²) in [4.78, 5) is 0. The van der Waals surface area contributed by atoms with Crippen LogP contribution in [0.1, 0.15) is 12.0 Å². The van der Waals surface area contributed by atoms with E-state index in [9.17, 15) is 4.39 Å². The number of alkyl halides is 3. The van der Waals surface area contributed by atoms with E-state index in [-0.39, 0.29) is 0 Å². The van der Waals surface area contributed by atoms with Gasteiger partial charge in [0.2, 0.25) is 0 Å². The van der Waals surface area contributed by atoms with Crippen LogP contribution in [0.25, 0.3) is 0 Å². The third kappa shape index (κ3) is 1.14. The third-order valence-electron chi connectivity index (χ3n) is 2.15. The molecule has 0 heterocycles. The first kappa shape index (κ1) is 8.70. The Bertz CT molecular complexity index is 297. The van der Waals surface area contributed by atoms with Crippen molar-refractivity contribution in [3.05, 3.63) is 35.9 Å². The molecule has 0 saturated heterocycles. The summed E-state index contributed by atoms with van der Waals surface area (Å²) in [6, 6.07) is 9.21. The molecule has 1 aliphatic carbocycles. The van der Waals surface area contributed by atoms with Crippen LogP contribution in [0.3, 0.4) is 0 Å². The first-order valence-electron chi connectivity index (χ1n) is 3.68. The largest absolute Gasteiger partial charge is 0.236 e. The fraction of sp³-hybridized carbons (Fsp3) is 0.333. The van der Waals surface area contributed by atoms with Gasteiger partial charge in [-0.15, -0.1) is 0 Å². The Labute approximate surface area is 87.4 Å². The highest BCUT2D eigenvalue weighted by Crippen LogP contribution is 2.68. The number of hydrogen-bond acceptors (Lipinski definition) is 0. The van der Waals surface area contributed by atoms with E-state index in [0.717, 1.165) is 5.56 Å². The summed E-state index contributed by atoms with van der Waals surface area (Å²) in [7, 11) is 0. The summed E-state index contributed by atoms with van der Waals surface area (Å²) in [5.41, 5.74) is -0.493. The van der Waals surface area contributed by atoms with E-state index in [4.69, 9.17) is 0 Å². The van der Waals surface area contributed by atoms with Gasteiger partial charge in [0.1, 0.15) is 3.23 Å². The maximum Gasteiger partial charge on any atom is 0.163 e. The minimum absolute atomic E-state index is 0.490. The summed E-state index contributed by atoms with van der Waals surface area (Å²) >= 11 is 6.57. The van der Waals surface area contributed by atoms with E-state index < -0.39 is 8.90 Å². The molecular formula is C9H7Br2F. The Morgan fingerprint density at radius 1 is 1.17 bits per heavy atom. The monoisotopic (exact) mass is 292 g/mol. The second kappa shape index (κ2) is 2.55. The average molecular weight is 294 g/mol. The van der Waals surface area contributed by atoms with Gasteiger partial charge in [-0.25, -0.2) is 4.39 Å². The zero-order valence-corrected chi connectivity index (χ0v) is 9.40. The van der Waals surface area contributed by atoms with Gasteiger partial charge in [0.25, 0.3) is 0 Å². The van der Waals surface area contributed by atoms with E-state index in [1.807, 2.05) is 30.3 Å². The molecule has 64 valence electrons. The van der Waals surface area contributed by atoms with Crippen molar-refractivity contribution >= 4 is 31.9 Å². The molecule has 2 rings (SSSR count). The molecule has 1 aromatic rings. The van der Waals surface area contributed by atoms with E-state index in [1.165, 1.54) is 0 Å². The lowest BCUT2D eigenvalue weighted by molar-refractivity contribution is 0.317. The lowest BCUT2D eigenvalue weighted by Gasteiger charge is -2.07. The van der Waals surface area contributed by atoms with Crippen LogP contribution < -0.4 is 0 Å². The van der Waals surface area contributed by atoms with Crippen LogP contribution in [0.5, 0.6) is 0 Å². The molecule has 0 nitrogen and oxygen atoms in total. The Morgan fingerprint density at radius 3 is 2.08 bits per heavy atom. The van der Waals surface area contributed by atoms with Gasteiger partial charge in [0.15, 0.2) is 5.67 Å².